The summed E-state index contributed by atoms with van der Waals surface area (Å²) in [4.78, 5) is 26.0. The Kier molecular flexibility index (Phi) is 5.16. The molecule has 142 valence electrons. The summed E-state index contributed by atoms with van der Waals surface area (Å²) in [5, 5.41) is 2.93. The van der Waals surface area contributed by atoms with E-state index in [1.54, 1.807) is 7.11 Å². The van der Waals surface area contributed by atoms with Gasteiger partial charge in [0.1, 0.15) is 10.6 Å². The first kappa shape index (κ1) is 18.0. The number of rotatable bonds is 5. The van der Waals surface area contributed by atoms with E-state index in [4.69, 9.17) is 9.47 Å². The summed E-state index contributed by atoms with van der Waals surface area (Å²) >= 11 is 1.44. The SMILES string of the molecule is COc1ccc2c(c1)CCc1cc(C(=O)OCC(=O)NC3CCCC3)sc1-2. The molecule has 1 fully saturated rings. The number of methoxy groups -OCH3 is 1. The molecule has 2 aromatic rings. The maximum absolute atomic E-state index is 12.4. The van der Waals surface area contributed by atoms with Gasteiger partial charge in [-0.25, -0.2) is 4.79 Å². The van der Waals surface area contributed by atoms with E-state index in [1.807, 2.05) is 18.2 Å². The molecule has 0 aliphatic heterocycles. The van der Waals surface area contributed by atoms with Crippen LogP contribution in [0, 0.1) is 0 Å². The van der Waals surface area contributed by atoms with Crippen molar-refractivity contribution in [1.82, 2.24) is 5.32 Å². The summed E-state index contributed by atoms with van der Waals surface area (Å²) in [5.74, 6) is 0.210. The Bertz CT molecular complexity index is 867. The summed E-state index contributed by atoms with van der Waals surface area (Å²) in [6, 6.07) is 8.19. The van der Waals surface area contributed by atoms with Gasteiger partial charge in [-0.1, -0.05) is 12.8 Å². The Hall–Kier alpha value is -2.34. The van der Waals surface area contributed by atoms with E-state index < -0.39 is 5.97 Å². The van der Waals surface area contributed by atoms with Crippen molar-refractivity contribution in [3.05, 3.63) is 40.3 Å². The smallest absolute Gasteiger partial charge is 0.348 e. The predicted molar refractivity (Wildman–Crippen MR) is 104 cm³/mol. The molecule has 0 spiro atoms. The zero-order chi connectivity index (χ0) is 18.8. The average molecular weight is 385 g/mol. The summed E-state index contributed by atoms with van der Waals surface area (Å²) < 4.78 is 10.5. The van der Waals surface area contributed by atoms with Crippen LogP contribution in [0.3, 0.4) is 0 Å². The highest BCUT2D eigenvalue weighted by atomic mass is 32.1. The lowest BCUT2D eigenvalue weighted by Crippen LogP contribution is -2.35. The van der Waals surface area contributed by atoms with Gasteiger partial charge in [-0.3, -0.25) is 4.79 Å². The first-order valence-corrected chi connectivity index (χ1v) is 10.2. The van der Waals surface area contributed by atoms with Gasteiger partial charge in [0.05, 0.1) is 7.11 Å². The predicted octanol–water partition coefficient (Wildman–Crippen LogP) is 3.74. The largest absolute Gasteiger partial charge is 0.497 e. The van der Waals surface area contributed by atoms with Gasteiger partial charge in [-0.15, -0.1) is 11.3 Å². The Morgan fingerprint density at radius 1 is 1.15 bits per heavy atom. The number of hydrogen-bond acceptors (Lipinski definition) is 5. The zero-order valence-electron chi connectivity index (χ0n) is 15.4. The van der Waals surface area contributed by atoms with E-state index in [1.165, 1.54) is 22.5 Å². The van der Waals surface area contributed by atoms with Gasteiger partial charge in [0.2, 0.25) is 0 Å². The normalized spacial score (nSPS) is 15.7. The first-order chi connectivity index (χ1) is 13.1. The van der Waals surface area contributed by atoms with E-state index in [0.29, 0.717) is 4.88 Å². The highest BCUT2D eigenvalue weighted by Gasteiger charge is 2.23. The van der Waals surface area contributed by atoms with E-state index in [2.05, 4.69) is 11.4 Å². The molecule has 6 heteroatoms. The molecule has 0 saturated heterocycles. The topological polar surface area (TPSA) is 64.6 Å². The molecule has 2 aliphatic carbocycles. The second kappa shape index (κ2) is 7.72. The Morgan fingerprint density at radius 3 is 2.70 bits per heavy atom. The van der Waals surface area contributed by atoms with Crippen molar-refractivity contribution in [3.63, 3.8) is 0 Å². The van der Waals surface area contributed by atoms with Gasteiger partial charge in [0, 0.05) is 10.9 Å². The minimum Gasteiger partial charge on any atom is -0.497 e. The van der Waals surface area contributed by atoms with Gasteiger partial charge in [-0.2, -0.15) is 0 Å². The van der Waals surface area contributed by atoms with Crippen molar-refractivity contribution in [2.24, 2.45) is 0 Å². The number of hydrogen-bond donors (Lipinski definition) is 1. The van der Waals surface area contributed by atoms with Crippen molar-refractivity contribution in [2.75, 3.05) is 13.7 Å². The lowest BCUT2D eigenvalue weighted by Gasteiger charge is -2.16. The number of carbonyl (C=O) groups is 2. The van der Waals surface area contributed by atoms with E-state index in [0.717, 1.165) is 54.7 Å². The highest BCUT2D eigenvalue weighted by molar-refractivity contribution is 7.17. The van der Waals surface area contributed by atoms with Crippen LogP contribution in [-0.4, -0.2) is 31.6 Å². The molecule has 2 aliphatic rings. The van der Waals surface area contributed by atoms with Crippen LogP contribution < -0.4 is 10.1 Å². The molecule has 5 nitrogen and oxygen atoms in total. The van der Waals surface area contributed by atoms with Crippen LogP contribution in [0.4, 0.5) is 0 Å². The highest BCUT2D eigenvalue weighted by Crippen LogP contribution is 2.41. The number of amides is 1. The molecule has 1 N–H and O–H groups in total. The molecular weight excluding hydrogens is 362 g/mol. The lowest BCUT2D eigenvalue weighted by molar-refractivity contribution is -0.124. The van der Waals surface area contributed by atoms with Gasteiger partial charge in [0.25, 0.3) is 5.91 Å². The van der Waals surface area contributed by atoms with Crippen LogP contribution in [0.2, 0.25) is 0 Å². The van der Waals surface area contributed by atoms with Crippen molar-refractivity contribution in [1.29, 1.82) is 0 Å². The average Bonchev–Trinajstić information content (AvgIpc) is 3.35. The fourth-order valence-electron chi connectivity index (χ4n) is 3.88. The van der Waals surface area contributed by atoms with Crippen molar-refractivity contribution < 1.29 is 19.1 Å². The van der Waals surface area contributed by atoms with E-state index >= 15 is 0 Å². The van der Waals surface area contributed by atoms with Crippen molar-refractivity contribution >= 4 is 23.2 Å². The monoisotopic (exact) mass is 385 g/mol. The van der Waals surface area contributed by atoms with Crippen molar-refractivity contribution in [2.45, 2.75) is 44.6 Å². The number of carbonyl (C=O) groups excluding carboxylic acids is 2. The van der Waals surface area contributed by atoms with Crippen LogP contribution in [0.5, 0.6) is 5.75 Å². The van der Waals surface area contributed by atoms with E-state index in [-0.39, 0.29) is 18.6 Å². The first-order valence-electron chi connectivity index (χ1n) is 9.40. The fraction of sp³-hybridized carbons (Fsp3) is 0.429. The number of thiophene rings is 1. The van der Waals surface area contributed by atoms with Gasteiger partial charge < -0.3 is 14.8 Å². The summed E-state index contributed by atoms with van der Waals surface area (Å²) in [6.45, 7) is -0.217. The van der Waals surface area contributed by atoms with Crippen LogP contribution in [-0.2, 0) is 22.4 Å². The molecule has 1 heterocycles. The lowest BCUT2D eigenvalue weighted by atomic mass is 9.91. The molecule has 1 saturated carbocycles. The molecule has 0 unspecified atom stereocenters. The van der Waals surface area contributed by atoms with Crippen LogP contribution >= 0.6 is 11.3 Å². The van der Waals surface area contributed by atoms with Crippen LogP contribution in [0.15, 0.2) is 24.3 Å². The molecule has 4 rings (SSSR count). The summed E-state index contributed by atoms with van der Waals surface area (Å²) in [7, 11) is 1.66. The second-order valence-electron chi connectivity index (χ2n) is 7.11. The van der Waals surface area contributed by atoms with Gasteiger partial charge >= 0.3 is 5.97 Å². The molecule has 0 radical (unpaired) electrons. The number of benzene rings is 1. The molecule has 1 aromatic heterocycles. The standard InChI is InChI=1S/C21H23NO4S/c1-25-16-8-9-17-13(10-16)6-7-14-11-18(27-20(14)17)21(24)26-12-19(23)22-15-4-2-3-5-15/h8-11,15H,2-7,12H2,1H3,(H,22,23). The summed E-state index contributed by atoms with van der Waals surface area (Å²) in [6.07, 6.45) is 6.15. The Balaban J connectivity index is 1.42. The molecule has 27 heavy (non-hydrogen) atoms. The quantitative estimate of drug-likeness (QED) is 0.797. The molecule has 0 atom stereocenters. The molecule has 1 aromatic carbocycles. The van der Waals surface area contributed by atoms with Crippen molar-refractivity contribution in [3.8, 4) is 16.2 Å². The third-order valence-electron chi connectivity index (χ3n) is 5.29. The fourth-order valence-corrected chi connectivity index (χ4v) is 5.04. The molecular formula is C21H23NO4S. The number of ether oxygens (including phenoxy) is 2. The maximum atomic E-state index is 12.4. The third kappa shape index (κ3) is 3.86. The Labute approximate surface area is 162 Å². The summed E-state index contributed by atoms with van der Waals surface area (Å²) in [5.41, 5.74) is 3.56. The molecule has 0 bridgehead atoms. The number of nitrogens with one attached hydrogen (secondary N) is 1. The minimum atomic E-state index is -0.425. The van der Waals surface area contributed by atoms with Gasteiger partial charge in [0.15, 0.2) is 6.61 Å². The van der Waals surface area contributed by atoms with Crippen LogP contribution in [0.1, 0.15) is 46.5 Å². The number of fused-ring (bicyclic) bond motifs is 3. The molecule has 1 amide bonds. The number of aryl methyl sites for hydroxylation is 2. The van der Waals surface area contributed by atoms with E-state index in [9.17, 15) is 9.59 Å². The Morgan fingerprint density at radius 2 is 1.93 bits per heavy atom. The van der Waals surface area contributed by atoms with Gasteiger partial charge in [-0.05, 0) is 66.6 Å². The minimum absolute atomic E-state index is 0.214. The third-order valence-corrected chi connectivity index (χ3v) is 6.48. The second-order valence-corrected chi connectivity index (χ2v) is 8.17. The van der Waals surface area contributed by atoms with Crippen LogP contribution in [0.25, 0.3) is 10.4 Å². The number of esters is 1. The zero-order valence-corrected chi connectivity index (χ0v) is 16.2. The maximum Gasteiger partial charge on any atom is 0.348 e.